The molecule has 26 heavy (non-hydrogen) atoms. The van der Waals surface area contributed by atoms with Gasteiger partial charge in [-0.2, -0.15) is 0 Å². The maximum absolute atomic E-state index is 12.4. The van der Waals surface area contributed by atoms with Crippen LogP contribution in [0, 0.1) is 0 Å². The minimum Gasteiger partial charge on any atom is -0.325 e. The number of rotatable bonds is 6. The van der Waals surface area contributed by atoms with E-state index in [9.17, 15) is 19.2 Å². The van der Waals surface area contributed by atoms with Gasteiger partial charge in [-0.15, -0.1) is 11.3 Å². The maximum Gasteiger partial charge on any atom is 0.335 e. The lowest BCUT2D eigenvalue weighted by molar-refractivity contribution is -0.143. The van der Waals surface area contributed by atoms with Crippen molar-refractivity contribution in [1.29, 1.82) is 0 Å². The van der Waals surface area contributed by atoms with Crippen molar-refractivity contribution >= 4 is 40.8 Å². The van der Waals surface area contributed by atoms with Gasteiger partial charge >= 0.3 is 17.8 Å². The van der Waals surface area contributed by atoms with Gasteiger partial charge in [0.15, 0.2) is 0 Å². The third-order valence-corrected chi connectivity index (χ3v) is 4.84. The molecule has 1 saturated heterocycles. The molecule has 7 nitrogen and oxygen atoms in total. The summed E-state index contributed by atoms with van der Waals surface area (Å²) in [6, 6.07) is 10.1. The summed E-state index contributed by atoms with van der Waals surface area (Å²) >= 11 is 1.38. The molecule has 5 amide bonds. The van der Waals surface area contributed by atoms with Crippen LogP contribution in [0.2, 0.25) is 0 Å². The molecule has 0 aliphatic carbocycles. The summed E-state index contributed by atoms with van der Waals surface area (Å²) < 4.78 is 0. The Bertz CT molecular complexity index is 846. The standard InChI is InChI=1S/C18H17N3O4S/c1-2-12-5-7-13(8-6-12)19-15(22)11-21-17(24)16(23)20(18(21)25)10-14-4-3-9-26-14/h3-9H,2,10-11H2,1H3,(H,19,22). The van der Waals surface area contributed by atoms with Crippen molar-refractivity contribution in [1.82, 2.24) is 9.80 Å². The molecule has 0 saturated carbocycles. The van der Waals surface area contributed by atoms with Gasteiger partial charge in [0.2, 0.25) is 5.91 Å². The highest BCUT2D eigenvalue weighted by molar-refractivity contribution is 7.09. The first-order valence-electron chi connectivity index (χ1n) is 8.08. The zero-order valence-electron chi connectivity index (χ0n) is 14.1. The second-order valence-corrected chi connectivity index (χ2v) is 6.78. The Balaban J connectivity index is 1.64. The van der Waals surface area contributed by atoms with Crippen LogP contribution < -0.4 is 5.32 Å². The fourth-order valence-electron chi connectivity index (χ4n) is 2.56. The quantitative estimate of drug-likeness (QED) is 0.623. The SMILES string of the molecule is CCc1ccc(NC(=O)CN2C(=O)C(=O)N(Cc3cccs3)C2=O)cc1. The highest BCUT2D eigenvalue weighted by Gasteiger charge is 2.45. The number of carbonyl (C=O) groups excluding carboxylic acids is 4. The molecule has 2 aromatic rings. The molecular formula is C18H17N3O4S. The Morgan fingerprint density at radius 2 is 1.73 bits per heavy atom. The largest absolute Gasteiger partial charge is 0.335 e. The number of thiophene rings is 1. The van der Waals surface area contributed by atoms with Gasteiger partial charge in [0.25, 0.3) is 0 Å². The van der Waals surface area contributed by atoms with Crippen LogP contribution in [0.1, 0.15) is 17.4 Å². The van der Waals surface area contributed by atoms with Crippen molar-refractivity contribution in [3.8, 4) is 0 Å². The molecule has 1 fully saturated rings. The van der Waals surface area contributed by atoms with E-state index in [0.29, 0.717) is 10.6 Å². The van der Waals surface area contributed by atoms with Gasteiger partial charge in [-0.3, -0.25) is 19.3 Å². The number of hydrogen-bond acceptors (Lipinski definition) is 5. The number of aryl methyl sites for hydroxylation is 1. The summed E-state index contributed by atoms with van der Waals surface area (Å²) in [6.45, 7) is 1.55. The molecular weight excluding hydrogens is 354 g/mol. The first-order chi connectivity index (χ1) is 12.5. The van der Waals surface area contributed by atoms with Crippen molar-refractivity contribution in [2.45, 2.75) is 19.9 Å². The number of amides is 5. The number of urea groups is 1. The normalized spacial score (nSPS) is 14.3. The molecule has 3 rings (SSSR count). The minimum absolute atomic E-state index is 0.0255. The molecule has 1 aromatic carbocycles. The van der Waals surface area contributed by atoms with Crippen LogP contribution in [-0.4, -0.2) is 40.1 Å². The summed E-state index contributed by atoms with van der Waals surface area (Å²) in [5, 5.41) is 4.44. The highest BCUT2D eigenvalue weighted by atomic mass is 32.1. The summed E-state index contributed by atoms with van der Waals surface area (Å²) in [7, 11) is 0. The van der Waals surface area contributed by atoms with Crippen molar-refractivity contribution in [3.63, 3.8) is 0 Å². The average Bonchev–Trinajstić information content (AvgIpc) is 3.22. The molecule has 0 unspecified atom stereocenters. The summed E-state index contributed by atoms with van der Waals surface area (Å²) in [5.74, 6) is -2.44. The zero-order chi connectivity index (χ0) is 18.7. The van der Waals surface area contributed by atoms with Crippen LogP contribution in [0.4, 0.5) is 10.5 Å². The van der Waals surface area contributed by atoms with Crippen LogP contribution in [0.25, 0.3) is 0 Å². The van der Waals surface area contributed by atoms with Crippen molar-refractivity contribution in [2.24, 2.45) is 0 Å². The van der Waals surface area contributed by atoms with Crippen molar-refractivity contribution in [2.75, 3.05) is 11.9 Å². The number of carbonyl (C=O) groups is 4. The van der Waals surface area contributed by atoms with E-state index in [1.54, 1.807) is 24.3 Å². The van der Waals surface area contributed by atoms with Crippen LogP contribution in [0.3, 0.4) is 0 Å². The molecule has 0 spiro atoms. The van der Waals surface area contributed by atoms with E-state index >= 15 is 0 Å². The van der Waals surface area contributed by atoms with Crippen LogP contribution in [-0.2, 0) is 27.3 Å². The fraction of sp³-hybridized carbons (Fsp3) is 0.222. The monoisotopic (exact) mass is 371 g/mol. The lowest BCUT2D eigenvalue weighted by atomic mass is 10.1. The summed E-state index contributed by atoms with van der Waals surface area (Å²) in [6.07, 6.45) is 0.882. The van der Waals surface area contributed by atoms with Crippen molar-refractivity contribution < 1.29 is 19.2 Å². The van der Waals surface area contributed by atoms with Crippen LogP contribution in [0.15, 0.2) is 41.8 Å². The van der Waals surface area contributed by atoms with E-state index < -0.39 is 30.3 Å². The molecule has 8 heteroatoms. The summed E-state index contributed by atoms with van der Waals surface area (Å²) in [4.78, 5) is 50.9. The third-order valence-electron chi connectivity index (χ3n) is 3.98. The van der Waals surface area contributed by atoms with E-state index in [-0.39, 0.29) is 6.54 Å². The van der Waals surface area contributed by atoms with Gasteiger partial charge in [0.05, 0.1) is 6.54 Å². The summed E-state index contributed by atoms with van der Waals surface area (Å²) in [5.41, 5.74) is 1.69. The van der Waals surface area contributed by atoms with E-state index in [1.807, 2.05) is 24.4 Å². The topological polar surface area (TPSA) is 86.8 Å². The van der Waals surface area contributed by atoms with Gasteiger partial charge in [-0.05, 0) is 35.6 Å². The Hall–Kier alpha value is -3.00. The minimum atomic E-state index is -0.983. The number of imide groups is 2. The van der Waals surface area contributed by atoms with Gasteiger partial charge < -0.3 is 5.32 Å². The van der Waals surface area contributed by atoms with E-state index in [1.165, 1.54) is 11.3 Å². The van der Waals surface area contributed by atoms with Gasteiger partial charge in [-0.25, -0.2) is 9.69 Å². The zero-order valence-corrected chi connectivity index (χ0v) is 14.9. The van der Waals surface area contributed by atoms with E-state index in [4.69, 9.17) is 0 Å². The molecule has 134 valence electrons. The second kappa shape index (κ2) is 7.49. The second-order valence-electron chi connectivity index (χ2n) is 5.74. The maximum atomic E-state index is 12.4. The molecule has 0 atom stereocenters. The fourth-order valence-corrected chi connectivity index (χ4v) is 3.25. The predicted octanol–water partition coefficient (Wildman–Crippen LogP) is 2.24. The molecule has 0 radical (unpaired) electrons. The van der Waals surface area contributed by atoms with E-state index in [2.05, 4.69) is 5.32 Å². The molecule has 1 N–H and O–H groups in total. The number of anilines is 1. The van der Waals surface area contributed by atoms with E-state index in [0.717, 1.165) is 21.8 Å². The molecule has 1 aliphatic heterocycles. The Labute approximate surface area is 154 Å². The van der Waals surface area contributed by atoms with Crippen molar-refractivity contribution in [3.05, 3.63) is 52.2 Å². The lowest BCUT2D eigenvalue weighted by Gasteiger charge is -2.15. The lowest BCUT2D eigenvalue weighted by Crippen LogP contribution is -2.38. The number of hydrogen-bond donors (Lipinski definition) is 1. The highest BCUT2D eigenvalue weighted by Crippen LogP contribution is 2.19. The Morgan fingerprint density at radius 3 is 2.35 bits per heavy atom. The predicted molar refractivity (Wildman–Crippen MR) is 96.4 cm³/mol. The van der Waals surface area contributed by atoms with Crippen LogP contribution >= 0.6 is 11.3 Å². The molecule has 1 aliphatic rings. The molecule has 1 aromatic heterocycles. The first-order valence-corrected chi connectivity index (χ1v) is 8.96. The average molecular weight is 371 g/mol. The van der Waals surface area contributed by atoms with Gasteiger partial charge in [-0.1, -0.05) is 25.1 Å². The number of nitrogens with one attached hydrogen (secondary N) is 1. The number of benzene rings is 1. The third kappa shape index (κ3) is 3.65. The van der Waals surface area contributed by atoms with Gasteiger partial charge in [0, 0.05) is 10.6 Å². The van der Waals surface area contributed by atoms with Gasteiger partial charge in [0.1, 0.15) is 6.54 Å². The first kappa shape index (κ1) is 17.8. The number of nitrogens with zero attached hydrogens (tertiary/aromatic N) is 2. The Morgan fingerprint density at radius 1 is 1.04 bits per heavy atom. The molecule has 2 heterocycles. The van der Waals surface area contributed by atoms with Crippen LogP contribution in [0.5, 0.6) is 0 Å². The molecule has 0 bridgehead atoms. The Kier molecular flexibility index (Phi) is 5.13. The smallest absolute Gasteiger partial charge is 0.325 e.